The topological polar surface area (TPSA) is 174 Å². The standard InChI is InChI=1S/C10H16N6O4/c11-9(18)15(13)6-1-2-8(20-4-3-17)7(5-6)16(14)10(12)19/h1-2,5,17H,3-4,13-14H2,(H2,11,18)(H2,12,19). The van der Waals surface area contributed by atoms with Gasteiger partial charge in [0.05, 0.1) is 12.3 Å². The average Bonchev–Trinajstić information content (AvgIpc) is 2.43. The highest BCUT2D eigenvalue weighted by molar-refractivity contribution is 5.94. The van der Waals surface area contributed by atoms with Gasteiger partial charge in [0.15, 0.2) is 0 Å². The van der Waals surface area contributed by atoms with Gasteiger partial charge in [0.1, 0.15) is 18.0 Å². The molecule has 0 heterocycles. The fourth-order valence-corrected chi connectivity index (χ4v) is 1.37. The number of nitrogens with two attached hydrogens (primary N) is 4. The van der Waals surface area contributed by atoms with Gasteiger partial charge in [0, 0.05) is 0 Å². The zero-order chi connectivity index (χ0) is 15.3. The number of hydrogen-bond donors (Lipinski definition) is 5. The van der Waals surface area contributed by atoms with E-state index in [9.17, 15) is 9.59 Å². The van der Waals surface area contributed by atoms with Gasteiger partial charge in [-0.25, -0.2) is 31.3 Å². The summed E-state index contributed by atoms with van der Waals surface area (Å²) in [6.07, 6.45) is 0. The van der Waals surface area contributed by atoms with E-state index in [2.05, 4.69) is 0 Å². The normalized spacial score (nSPS) is 9.95. The van der Waals surface area contributed by atoms with E-state index in [4.69, 9.17) is 33.0 Å². The lowest BCUT2D eigenvalue weighted by Crippen LogP contribution is -2.43. The molecular formula is C10H16N6O4. The highest BCUT2D eigenvalue weighted by Gasteiger charge is 2.17. The first-order chi connectivity index (χ1) is 9.38. The van der Waals surface area contributed by atoms with Gasteiger partial charge in [-0.05, 0) is 18.2 Å². The molecule has 1 aromatic rings. The number of rotatable bonds is 5. The Kier molecular flexibility index (Phi) is 5.08. The zero-order valence-corrected chi connectivity index (χ0v) is 10.5. The number of carbonyl (C=O) groups excluding carboxylic acids is 2. The molecule has 0 aliphatic heterocycles. The van der Waals surface area contributed by atoms with E-state index in [1.807, 2.05) is 0 Å². The molecule has 0 saturated carbocycles. The molecule has 110 valence electrons. The number of aliphatic hydroxyl groups is 1. The molecular weight excluding hydrogens is 268 g/mol. The number of ether oxygens (including phenoxy) is 1. The minimum atomic E-state index is -0.946. The molecule has 0 bridgehead atoms. The molecule has 0 atom stereocenters. The summed E-state index contributed by atoms with van der Waals surface area (Å²) in [5, 5.41) is 10.0. The Labute approximate surface area is 114 Å². The number of aliphatic hydroxyl groups excluding tert-OH is 1. The van der Waals surface area contributed by atoms with Crippen molar-refractivity contribution in [2.45, 2.75) is 0 Å². The van der Waals surface area contributed by atoms with Gasteiger partial charge >= 0.3 is 12.1 Å². The second kappa shape index (κ2) is 6.56. The molecule has 0 aromatic heterocycles. The molecule has 9 N–H and O–H groups in total. The molecule has 0 spiro atoms. The van der Waals surface area contributed by atoms with Crippen LogP contribution in [0.5, 0.6) is 5.75 Å². The van der Waals surface area contributed by atoms with E-state index in [-0.39, 0.29) is 30.3 Å². The van der Waals surface area contributed by atoms with E-state index in [0.29, 0.717) is 10.0 Å². The van der Waals surface area contributed by atoms with Gasteiger partial charge in [0.2, 0.25) is 0 Å². The van der Waals surface area contributed by atoms with Gasteiger partial charge in [0.25, 0.3) is 0 Å². The number of primary amides is 2. The van der Waals surface area contributed by atoms with Crippen molar-refractivity contribution in [2.75, 3.05) is 23.2 Å². The second-order valence-corrected chi connectivity index (χ2v) is 3.64. The Bertz CT molecular complexity index is 509. The molecule has 0 aliphatic rings. The first kappa shape index (κ1) is 15.5. The maximum absolute atomic E-state index is 11.1. The predicted octanol–water partition coefficient (Wildman–Crippen LogP) is -1.42. The largest absolute Gasteiger partial charge is 0.489 e. The summed E-state index contributed by atoms with van der Waals surface area (Å²) in [6.45, 7) is -0.242. The molecule has 1 rings (SSSR count). The average molecular weight is 284 g/mol. The molecule has 20 heavy (non-hydrogen) atoms. The Morgan fingerprint density at radius 1 is 1.15 bits per heavy atom. The van der Waals surface area contributed by atoms with Crippen LogP contribution in [0.25, 0.3) is 0 Å². The number of hydrogen-bond acceptors (Lipinski definition) is 6. The summed E-state index contributed by atoms with van der Waals surface area (Å²) >= 11 is 0. The Balaban J connectivity index is 3.20. The summed E-state index contributed by atoms with van der Waals surface area (Å²) in [5.41, 5.74) is 10.4. The van der Waals surface area contributed by atoms with Crippen LogP contribution in [-0.4, -0.2) is 30.4 Å². The van der Waals surface area contributed by atoms with Crippen LogP contribution in [0.1, 0.15) is 0 Å². The van der Waals surface area contributed by atoms with E-state index >= 15 is 0 Å². The number of urea groups is 2. The van der Waals surface area contributed by atoms with Crippen molar-refractivity contribution in [3.05, 3.63) is 18.2 Å². The lowest BCUT2D eigenvalue weighted by Gasteiger charge is -2.21. The first-order valence-corrected chi connectivity index (χ1v) is 5.44. The van der Waals surface area contributed by atoms with Crippen molar-refractivity contribution in [3.63, 3.8) is 0 Å². The number of amides is 4. The van der Waals surface area contributed by atoms with Crippen molar-refractivity contribution < 1.29 is 19.4 Å². The van der Waals surface area contributed by atoms with Gasteiger partial charge < -0.3 is 21.3 Å². The monoisotopic (exact) mass is 284 g/mol. The van der Waals surface area contributed by atoms with Crippen LogP contribution in [-0.2, 0) is 0 Å². The first-order valence-electron chi connectivity index (χ1n) is 5.44. The number of benzene rings is 1. The number of hydrazine groups is 2. The summed E-state index contributed by atoms with van der Waals surface area (Å²) in [5.74, 6) is 11.1. The van der Waals surface area contributed by atoms with E-state index in [0.717, 1.165) is 0 Å². The van der Waals surface area contributed by atoms with Crippen molar-refractivity contribution in [1.82, 2.24) is 0 Å². The number of carbonyl (C=O) groups is 2. The third-order valence-corrected chi connectivity index (χ3v) is 2.30. The fourth-order valence-electron chi connectivity index (χ4n) is 1.37. The Hall–Kier alpha value is -2.56. The van der Waals surface area contributed by atoms with Crippen molar-refractivity contribution in [3.8, 4) is 5.75 Å². The quantitative estimate of drug-likeness (QED) is 0.252. The third-order valence-electron chi connectivity index (χ3n) is 2.30. The molecule has 0 saturated heterocycles. The van der Waals surface area contributed by atoms with Crippen LogP contribution in [0.3, 0.4) is 0 Å². The van der Waals surface area contributed by atoms with Gasteiger partial charge in [-0.1, -0.05) is 0 Å². The molecule has 0 unspecified atom stereocenters. The maximum atomic E-state index is 11.1. The minimum absolute atomic E-state index is 0.0128. The third kappa shape index (κ3) is 3.47. The van der Waals surface area contributed by atoms with Gasteiger partial charge in [-0.2, -0.15) is 0 Å². The maximum Gasteiger partial charge on any atom is 0.333 e. The molecule has 0 radical (unpaired) electrons. The summed E-state index contributed by atoms with van der Waals surface area (Å²) < 4.78 is 5.20. The fraction of sp³-hybridized carbons (Fsp3) is 0.200. The summed E-state index contributed by atoms with van der Waals surface area (Å²) in [4.78, 5) is 22.1. The van der Waals surface area contributed by atoms with Crippen LogP contribution < -0.4 is 37.9 Å². The summed E-state index contributed by atoms with van der Waals surface area (Å²) in [7, 11) is 0. The zero-order valence-electron chi connectivity index (χ0n) is 10.5. The molecule has 10 heteroatoms. The van der Waals surface area contributed by atoms with Crippen LogP contribution in [0.2, 0.25) is 0 Å². The highest BCUT2D eigenvalue weighted by atomic mass is 16.5. The van der Waals surface area contributed by atoms with Crippen LogP contribution in [0.15, 0.2) is 18.2 Å². The van der Waals surface area contributed by atoms with E-state index < -0.39 is 12.1 Å². The second-order valence-electron chi connectivity index (χ2n) is 3.64. The predicted molar refractivity (Wildman–Crippen MR) is 71.5 cm³/mol. The molecule has 10 nitrogen and oxygen atoms in total. The highest BCUT2D eigenvalue weighted by Crippen LogP contribution is 2.31. The molecule has 1 aromatic carbocycles. The van der Waals surface area contributed by atoms with Crippen LogP contribution in [0.4, 0.5) is 21.0 Å². The van der Waals surface area contributed by atoms with Crippen LogP contribution in [0, 0.1) is 0 Å². The molecule has 0 fully saturated rings. The summed E-state index contributed by atoms with van der Waals surface area (Å²) in [6, 6.07) is 2.28. The van der Waals surface area contributed by atoms with Crippen LogP contribution >= 0.6 is 0 Å². The molecule has 4 amide bonds. The minimum Gasteiger partial charge on any atom is -0.489 e. The van der Waals surface area contributed by atoms with Gasteiger partial charge in [-0.15, -0.1) is 0 Å². The lowest BCUT2D eigenvalue weighted by molar-refractivity contribution is 0.201. The van der Waals surface area contributed by atoms with Gasteiger partial charge in [-0.3, -0.25) is 0 Å². The van der Waals surface area contributed by atoms with E-state index in [1.54, 1.807) is 0 Å². The smallest absolute Gasteiger partial charge is 0.333 e. The Morgan fingerprint density at radius 3 is 2.25 bits per heavy atom. The number of anilines is 2. The van der Waals surface area contributed by atoms with Crippen molar-refractivity contribution in [2.24, 2.45) is 23.2 Å². The van der Waals surface area contributed by atoms with E-state index in [1.165, 1.54) is 18.2 Å². The SMILES string of the molecule is NC(=O)N(N)c1ccc(OCCO)c(N(N)C(N)=O)c1. The lowest BCUT2D eigenvalue weighted by atomic mass is 10.2. The van der Waals surface area contributed by atoms with Crippen molar-refractivity contribution in [1.29, 1.82) is 0 Å². The Morgan fingerprint density at radius 2 is 1.75 bits per heavy atom. The number of nitrogens with zero attached hydrogens (tertiary/aromatic N) is 2. The van der Waals surface area contributed by atoms with Crippen molar-refractivity contribution >= 4 is 23.4 Å². The molecule has 0 aliphatic carbocycles.